The number of thiophene rings is 1. The number of hydrogen-bond donors (Lipinski definition) is 0. The van der Waals surface area contributed by atoms with Crippen molar-refractivity contribution in [1.29, 1.82) is 0 Å². The maximum atomic E-state index is 4.43. The molecule has 0 aliphatic carbocycles. The third-order valence-corrected chi connectivity index (χ3v) is 8.70. The predicted octanol–water partition coefficient (Wildman–Crippen LogP) is 10.2. The van der Waals surface area contributed by atoms with Crippen LogP contribution in [0.2, 0.25) is 0 Å². The highest BCUT2D eigenvalue weighted by Gasteiger charge is 2.11. The van der Waals surface area contributed by atoms with Crippen LogP contribution in [0.3, 0.4) is 0 Å². The lowest BCUT2D eigenvalue weighted by molar-refractivity contribution is 1.37. The molecule has 0 amide bonds. The van der Waals surface area contributed by atoms with Crippen molar-refractivity contribution in [2.45, 2.75) is 0 Å². The van der Waals surface area contributed by atoms with E-state index < -0.39 is 0 Å². The summed E-state index contributed by atoms with van der Waals surface area (Å²) in [5, 5.41) is 10.2. The van der Waals surface area contributed by atoms with Crippen molar-refractivity contribution >= 4 is 63.8 Å². The lowest BCUT2D eigenvalue weighted by Gasteiger charge is -2.12. The van der Waals surface area contributed by atoms with E-state index in [1.54, 1.807) is 0 Å². The van der Waals surface area contributed by atoms with Gasteiger partial charge in [0, 0.05) is 38.0 Å². The quantitative estimate of drug-likeness (QED) is 0.221. The Morgan fingerprint density at radius 2 is 0.973 bits per heavy atom. The highest BCUT2D eigenvalue weighted by Crippen LogP contribution is 2.39. The second-order valence-corrected chi connectivity index (χ2v) is 10.7. The molecule has 2 aromatic heterocycles. The van der Waals surface area contributed by atoms with Gasteiger partial charge in [-0.3, -0.25) is 4.98 Å². The van der Waals surface area contributed by atoms with Crippen LogP contribution in [0.1, 0.15) is 0 Å². The van der Waals surface area contributed by atoms with Gasteiger partial charge in [-0.15, -0.1) is 11.3 Å². The van der Waals surface area contributed by atoms with Gasteiger partial charge in [0.05, 0.1) is 0 Å². The maximum Gasteiger partial charge on any atom is 0.0355 e. The van der Waals surface area contributed by atoms with Crippen molar-refractivity contribution in [3.63, 3.8) is 0 Å². The van der Waals surface area contributed by atoms with Crippen LogP contribution in [0.25, 0.3) is 74.7 Å². The van der Waals surface area contributed by atoms with E-state index in [0.717, 1.165) is 0 Å². The van der Waals surface area contributed by atoms with E-state index in [1.807, 2.05) is 23.7 Å². The summed E-state index contributed by atoms with van der Waals surface area (Å²) in [7, 11) is 0. The minimum Gasteiger partial charge on any atom is -0.264 e. The third-order valence-electron chi connectivity index (χ3n) is 7.54. The van der Waals surface area contributed by atoms with Gasteiger partial charge in [0.1, 0.15) is 0 Å². The van der Waals surface area contributed by atoms with Crippen molar-refractivity contribution < 1.29 is 0 Å². The lowest BCUT2D eigenvalue weighted by atomic mass is 9.92. The van der Waals surface area contributed by atoms with Gasteiger partial charge in [0.15, 0.2) is 0 Å². The average molecular weight is 488 g/mol. The summed E-state index contributed by atoms with van der Waals surface area (Å²) >= 11 is 1.86. The Bertz CT molecular complexity index is 2120. The summed E-state index contributed by atoms with van der Waals surface area (Å²) in [5.74, 6) is 0. The molecule has 0 aliphatic rings. The normalized spacial score (nSPS) is 11.8. The summed E-state index contributed by atoms with van der Waals surface area (Å²) in [5.41, 5.74) is 4.94. The molecule has 37 heavy (non-hydrogen) atoms. The number of rotatable bonds is 2. The van der Waals surface area contributed by atoms with Gasteiger partial charge in [0.25, 0.3) is 0 Å². The Morgan fingerprint density at radius 1 is 0.378 bits per heavy atom. The number of hydrogen-bond acceptors (Lipinski definition) is 2. The first-order valence-electron chi connectivity index (χ1n) is 12.5. The van der Waals surface area contributed by atoms with Crippen molar-refractivity contribution in [3.05, 3.63) is 128 Å². The minimum atomic E-state index is 1.20. The minimum absolute atomic E-state index is 1.20. The zero-order valence-electron chi connectivity index (χ0n) is 20.0. The average Bonchev–Trinajstić information content (AvgIpc) is 3.35. The zero-order chi connectivity index (χ0) is 24.3. The van der Waals surface area contributed by atoms with Crippen LogP contribution in [0.4, 0.5) is 0 Å². The van der Waals surface area contributed by atoms with E-state index in [0.29, 0.717) is 0 Å². The van der Waals surface area contributed by atoms with Gasteiger partial charge in [-0.25, -0.2) is 0 Å². The number of benzene rings is 6. The molecule has 0 saturated heterocycles. The fourth-order valence-corrected chi connectivity index (χ4v) is 6.85. The monoisotopic (exact) mass is 487 g/mol. The molecule has 0 aliphatic heterocycles. The fourth-order valence-electron chi connectivity index (χ4n) is 5.76. The van der Waals surface area contributed by atoms with E-state index in [9.17, 15) is 0 Å². The summed E-state index contributed by atoms with van der Waals surface area (Å²) < 4.78 is 2.68. The predicted molar refractivity (Wildman–Crippen MR) is 161 cm³/mol. The topological polar surface area (TPSA) is 12.9 Å². The Balaban J connectivity index is 1.31. The van der Waals surface area contributed by atoms with Gasteiger partial charge in [0.2, 0.25) is 0 Å². The summed E-state index contributed by atoms with van der Waals surface area (Å²) in [6.07, 6.45) is 3.89. The molecule has 2 heterocycles. The molecule has 1 nitrogen and oxygen atoms in total. The first-order valence-corrected chi connectivity index (χ1v) is 13.4. The highest BCUT2D eigenvalue weighted by atomic mass is 32.1. The first kappa shape index (κ1) is 20.6. The molecule has 8 rings (SSSR count). The van der Waals surface area contributed by atoms with Crippen LogP contribution in [0, 0.1) is 0 Å². The van der Waals surface area contributed by atoms with Crippen molar-refractivity contribution in [2.24, 2.45) is 0 Å². The molecule has 0 bridgehead atoms. The van der Waals surface area contributed by atoms with Gasteiger partial charge in [-0.1, -0.05) is 78.9 Å². The molecule has 0 unspecified atom stereocenters. The van der Waals surface area contributed by atoms with Gasteiger partial charge < -0.3 is 0 Å². The fraction of sp³-hybridized carbons (Fsp3) is 0. The van der Waals surface area contributed by atoms with E-state index in [4.69, 9.17) is 0 Å². The Labute approximate surface area is 218 Å². The zero-order valence-corrected chi connectivity index (χ0v) is 20.8. The van der Waals surface area contributed by atoms with Crippen LogP contribution in [-0.4, -0.2) is 4.98 Å². The standard InChI is InChI=1S/C35H21NS/c1-2-9-27-26(8-1)28-14-12-24(19-31(28)29-16-17-36-21-33(27)29)22-6-5-7-23(18-22)25-13-15-35-32(20-25)30-10-3-4-11-34(30)37-35/h1-21H. The summed E-state index contributed by atoms with van der Waals surface area (Å²) in [4.78, 5) is 4.43. The molecule has 0 atom stereocenters. The van der Waals surface area contributed by atoms with Gasteiger partial charge in [-0.2, -0.15) is 0 Å². The molecule has 2 heteroatoms. The molecule has 0 radical (unpaired) electrons. The second kappa shape index (κ2) is 7.99. The van der Waals surface area contributed by atoms with E-state index in [2.05, 4.69) is 120 Å². The number of aromatic nitrogens is 1. The first-order chi connectivity index (χ1) is 18.3. The van der Waals surface area contributed by atoms with Crippen LogP contribution in [-0.2, 0) is 0 Å². The largest absolute Gasteiger partial charge is 0.264 e. The van der Waals surface area contributed by atoms with Gasteiger partial charge in [-0.05, 0) is 85.6 Å². The van der Waals surface area contributed by atoms with Crippen LogP contribution >= 0.6 is 11.3 Å². The van der Waals surface area contributed by atoms with Crippen molar-refractivity contribution in [2.75, 3.05) is 0 Å². The van der Waals surface area contributed by atoms with Crippen molar-refractivity contribution in [3.8, 4) is 22.3 Å². The van der Waals surface area contributed by atoms with Gasteiger partial charge >= 0.3 is 0 Å². The molecule has 0 fully saturated rings. The van der Waals surface area contributed by atoms with E-state index >= 15 is 0 Å². The Morgan fingerprint density at radius 3 is 1.81 bits per heavy atom. The molecular weight excluding hydrogens is 466 g/mol. The maximum absolute atomic E-state index is 4.43. The highest BCUT2D eigenvalue weighted by molar-refractivity contribution is 7.25. The molecule has 0 N–H and O–H groups in total. The lowest BCUT2D eigenvalue weighted by Crippen LogP contribution is -1.86. The molecule has 0 saturated carbocycles. The van der Waals surface area contributed by atoms with E-state index in [-0.39, 0.29) is 0 Å². The molecule has 0 spiro atoms. The number of nitrogens with zero attached hydrogens (tertiary/aromatic N) is 1. The summed E-state index contributed by atoms with van der Waals surface area (Å²) in [6.45, 7) is 0. The van der Waals surface area contributed by atoms with Crippen LogP contribution in [0.15, 0.2) is 128 Å². The second-order valence-electron chi connectivity index (χ2n) is 9.62. The SMILES string of the molecule is c1cc(-c2ccc3sc4ccccc4c3c2)cc(-c2ccc3c4ccccc4c4cnccc4c3c2)c1. The number of pyridine rings is 1. The van der Waals surface area contributed by atoms with Crippen molar-refractivity contribution in [1.82, 2.24) is 4.98 Å². The molecule has 8 aromatic rings. The third kappa shape index (κ3) is 3.20. The number of fused-ring (bicyclic) bond motifs is 9. The summed E-state index contributed by atoms with van der Waals surface area (Å²) in [6, 6.07) is 42.2. The Kier molecular flexibility index (Phi) is 4.46. The molecular formula is C35H21NS. The molecule has 6 aromatic carbocycles. The van der Waals surface area contributed by atoms with Crippen LogP contribution in [0.5, 0.6) is 0 Å². The Hall–Kier alpha value is -4.53. The smallest absolute Gasteiger partial charge is 0.0355 e. The molecule has 172 valence electrons. The van der Waals surface area contributed by atoms with E-state index in [1.165, 1.54) is 74.7 Å². The van der Waals surface area contributed by atoms with Crippen LogP contribution < -0.4 is 0 Å².